The number of rotatable bonds is 2. The lowest BCUT2D eigenvalue weighted by Crippen LogP contribution is -2.17. The summed E-state index contributed by atoms with van der Waals surface area (Å²) in [6.07, 6.45) is 7.12. The number of nitrogens with zero attached hydrogens (tertiary/aromatic N) is 2. The van der Waals surface area contributed by atoms with E-state index in [0.717, 1.165) is 38.2 Å². The summed E-state index contributed by atoms with van der Waals surface area (Å²) in [6, 6.07) is 3.49. The lowest BCUT2D eigenvalue weighted by atomic mass is 9.95. The van der Waals surface area contributed by atoms with E-state index in [1.165, 1.54) is 0 Å². The molecule has 1 aliphatic rings. The third kappa shape index (κ3) is 2.13. The van der Waals surface area contributed by atoms with Crippen LogP contribution in [-0.4, -0.2) is 27.7 Å². The van der Waals surface area contributed by atoms with Gasteiger partial charge in [-0.2, -0.15) is 0 Å². The third-order valence-corrected chi connectivity index (χ3v) is 3.35. The minimum absolute atomic E-state index is 0.241. The van der Waals surface area contributed by atoms with Gasteiger partial charge in [0.1, 0.15) is 0 Å². The average Bonchev–Trinajstić information content (AvgIpc) is 2.74. The van der Waals surface area contributed by atoms with Crippen LogP contribution in [-0.2, 0) is 11.2 Å². The van der Waals surface area contributed by atoms with E-state index in [0.29, 0.717) is 11.6 Å². The van der Waals surface area contributed by atoms with Gasteiger partial charge in [0.25, 0.3) is 0 Å². The first-order valence-electron chi connectivity index (χ1n) is 6.06. The highest BCUT2D eigenvalue weighted by Gasteiger charge is 2.16. The third-order valence-electron chi connectivity index (χ3n) is 3.35. The summed E-state index contributed by atoms with van der Waals surface area (Å²) in [6.45, 7) is 1.73. The van der Waals surface area contributed by atoms with Crippen LogP contribution in [0.25, 0.3) is 5.65 Å². The maximum Gasteiger partial charge on any atom is 0.179 e. The molecule has 1 aliphatic heterocycles. The molecule has 3 heterocycles. The largest absolute Gasteiger partial charge is 0.504 e. The summed E-state index contributed by atoms with van der Waals surface area (Å²) < 4.78 is 7.23. The SMILES string of the molecule is Oc1cccn2cc(CC3CCOCC3)nc12. The van der Waals surface area contributed by atoms with Gasteiger partial charge in [-0.15, -0.1) is 0 Å². The second-order valence-electron chi connectivity index (χ2n) is 4.62. The number of ether oxygens (including phenoxy) is 1. The fourth-order valence-electron chi connectivity index (χ4n) is 2.39. The molecule has 0 atom stereocenters. The first kappa shape index (κ1) is 10.6. The van der Waals surface area contributed by atoms with Gasteiger partial charge < -0.3 is 14.2 Å². The molecule has 0 amide bonds. The normalized spacial score (nSPS) is 17.6. The van der Waals surface area contributed by atoms with E-state index in [2.05, 4.69) is 4.98 Å². The van der Waals surface area contributed by atoms with Crippen molar-refractivity contribution in [2.45, 2.75) is 19.3 Å². The summed E-state index contributed by atoms with van der Waals surface area (Å²) >= 11 is 0. The quantitative estimate of drug-likeness (QED) is 0.861. The number of aromatic hydroxyl groups is 1. The van der Waals surface area contributed by atoms with Gasteiger partial charge in [-0.1, -0.05) is 0 Å². The molecule has 2 aromatic heterocycles. The first-order valence-corrected chi connectivity index (χ1v) is 6.06. The maximum atomic E-state index is 9.69. The molecule has 0 saturated carbocycles. The van der Waals surface area contributed by atoms with Crippen molar-refractivity contribution in [3.05, 3.63) is 30.2 Å². The standard InChI is InChI=1S/C13H16N2O2/c16-12-2-1-5-15-9-11(14-13(12)15)8-10-3-6-17-7-4-10/h1-2,5,9-10,16H,3-4,6-8H2. The zero-order valence-corrected chi connectivity index (χ0v) is 9.67. The predicted octanol–water partition coefficient (Wildman–Crippen LogP) is 2.01. The van der Waals surface area contributed by atoms with Gasteiger partial charge in [0.15, 0.2) is 11.4 Å². The zero-order chi connectivity index (χ0) is 11.7. The summed E-state index contributed by atoms with van der Waals surface area (Å²) in [5.41, 5.74) is 1.70. The molecular formula is C13H16N2O2. The molecule has 0 radical (unpaired) electrons. The Hall–Kier alpha value is -1.55. The smallest absolute Gasteiger partial charge is 0.179 e. The average molecular weight is 232 g/mol. The summed E-state index contributed by atoms with van der Waals surface area (Å²) in [5.74, 6) is 0.904. The van der Waals surface area contributed by atoms with Crippen molar-refractivity contribution in [2.75, 3.05) is 13.2 Å². The number of pyridine rings is 1. The molecule has 3 rings (SSSR count). The summed E-state index contributed by atoms with van der Waals surface area (Å²) in [4.78, 5) is 4.48. The van der Waals surface area contributed by atoms with Crippen LogP contribution in [0.4, 0.5) is 0 Å². The van der Waals surface area contributed by atoms with E-state index in [1.54, 1.807) is 6.07 Å². The number of hydrogen-bond donors (Lipinski definition) is 1. The van der Waals surface area contributed by atoms with Crippen molar-refractivity contribution in [1.82, 2.24) is 9.38 Å². The van der Waals surface area contributed by atoms with Gasteiger partial charge >= 0.3 is 0 Å². The lowest BCUT2D eigenvalue weighted by Gasteiger charge is -2.20. The minimum atomic E-state index is 0.241. The molecule has 2 aromatic rings. The van der Waals surface area contributed by atoms with Gasteiger partial charge in [0.05, 0.1) is 5.69 Å². The van der Waals surface area contributed by atoms with Crippen LogP contribution in [0.5, 0.6) is 5.75 Å². The van der Waals surface area contributed by atoms with Crippen LogP contribution in [0.1, 0.15) is 18.5 Å². The number of aromatic nitrogens is 2. The molecular weight excluding hydrogens is 216 g/mol. The fourth-order valence-corrected chi connectivity index (χ4v) is 2.39. The van der Waals surface area contributed by atoms with E-state index < -0.39 is 0 Å². The molecule has 4 nitrogen and oxygen atoms in total. The van der Waals surface area contributed by atoms with Gasteiger partial charge in [0.2, 0.25) is 0 Å². The Morgan fingerprint density at radius 2 is 2.24 bits per heavy atom. The minimum Gasteiger partial charge on any atom is -0.504 e. The second-order valence-corrected chi connectivity index (χ2v) is 4.62. The molecule has 0 spiro atoms. The fraction of sp³-hybridized carbons (Fsp3) is 0.462. The molecule has 0 unspecified atom stereocenters. The Morgan fingerprint density at radius 1 is 1.41 bits per heavy atom. The number of fused-ring (bicyclic) bond motifs is 1. The zero-order valence-electron chi connectivity index (χ0n) is 9.67. The van der Waals surface area contributed by atoms with Crippen molar-refractivity contribution in [1.29, 1.82) is 0 Å². The summed E-state index contributed by atoms with van der Waals surface area (Å²) in [5, 5.41) is 9.69. The van der Waals surface area contributed by atoms with Crippen molar-refractivity contribution in [3.8, 4) is 5.75 Å². The van der Waals surface area contributed by atoms with Crippen LogP contribution >= 0.6 is 0 Å². The second kappa shape index (κ2) is 4.37. The van der Waals surface area contributed by atoms with Crippen molar-refractivity contribution in [2.24, 2.45) is 5.92 Å². The Bertz CT molecular complexity index is 515. The molecule has 17 heavy (non-hydrogen) atoms. The van der Waals surface area contributed by atoms with E-state index >= 15 is 0 Å². The van der Waals surface area contributed by atoms with Crippen LogP contribution in [0.15, 0.2) is 24.5 Å². The molecule has 0 aromatic carbocycles. The summed E-state index contributed by atoms with van der Waals surface area (Å²) in [7, 11) is 0. The monoisotopic (exact) mass is 232 g/mol. The van der Waals surface area contributed by atoms with Gasteiger partial charge in [-0.05, 0) is 37.3 Å². The maximum absolute atomic E-state index is 9.69. The Morgan fingerprint density at radius 3 is 3.00 bits per heavy atom. The van der Waals surface area contributed by atoms with Crippen LogP contribution in [0, 0.1) is 5.92 Å². The topological polar surface area (TPSA) is 46.8 Å². The highest BCUT2D eigenvalue weighted by Crippen LogP contribution is 2.22. The van der Waals surface area contributed by atoms with Crippen molar-refractivity contribution >= 4 is 5.65 Å². The van der Waals surface area contributed by atoms with Gasteiger partial charge in [-0.3, -0.25) is 0 Å². The Balaban J connectivity index is 1.83. The lowest BCUT2D eigenvalue weighted by molar-refractivity contribution is 0.0663. The number of imidazole rings is 1. The van der Waals surface area contributed by atoms with Crippen molar-refractivity contribution in [3.63, 3.8) is 0 Å². The van der Waals surface area contributed by atoms with E-state index in [-0.39, 0.29) is 5.75 Å². The van der Waals surface area contributed by atoms with Gasteiger partial charge in [0, 0.05) is 25.6 Å². The highest BCUT2D eigenvalue weighted by molar-refractivity contribution is 5.53. The molecule has 90 valence electrons. The van der Waals surface area contributed by atoms with Crippen LogP contribution in [0.3, 0.4) is 0 Å². The molecule has 4 heteroatoms. The molecule has 1 N–H and O–H groups in total. The van der Waals surface area contributed by atoms with Crippen molar-refractivity contribution < 1.29 is 9.84 Å². The predicted molar refractivity (Wildman–Crippen MR) is 64.1 cm³/mol. The number of hydrogen-bond acceptors (Lipinski definition) is 3. The first-order chi connectivity index (χ1) is 8.33. The molecule has 1 saturated heterocycles. The Kier molecular flexibility index (Phi) is 2.73. The Labute approximate surface area is 99.9 Å². The highest BCUT2D eigenvalue weighted by atomic mass is 16.5. The van der Waals surface area contributed by atoms with Crippen LogP contribution < -0.4 is 0 Å². The van der Waals surface area contributed by atoms with Gasteiger partial charge in [-0.25, -0.2) is 4.98 Å². The molecule has 0 aliphatic carbocycles. The van der Waals surface area contributed by atoms with E-state index in [9.17, 15) is 5.11 Å². The van der Waals surface area contributed by atoms with Crippen LogP contribution in [0.2, 0.25) is 0 Å². The van der Waals surface area contributed by atoms with E-state index in [1.807, 2.05) is 22.9 Å². The molecule has 0 bridgehead atoms. The van der Waals surface area contributed by atoms with E-state index in [4.69, 9.17) is 4.74 Å². The molecule has 1 fully saturated rings.